The summed E-state index contributed by atoms with van der Waals surface area (Å²) in [6, 6.07) is 10.0. The van der Waals surface area contributed by atoms with Crippen molar-refractivity contribution in [3.63, 3.8) is 0 Å². The van der Waals surface area contributed by atoms with Crippen LogP contribution in [0, 0.1) is 6.92 Å². The molecule has 19 heavy (non-hydrogen) atoms. The van der Waals surface area contributed by atoms with Crippen molar-refractivity contribution >= 4 is 0 Å². The van der Waals surface area contributed by atoms with Crippen molar-refractivity contribution in [1.82, 2.24) is 15.1 Å². The fraction of sp³-hybridized carbons (Fsp3) is 0.400. The van der Waals surface area contributed by atoms with Crippen LogP contribution < -0.4 is 5.32 Å². The van der Waals surface area contributed by atoms with Crippen LogP contribution in [0.25, 0.3) is 0 Å². The number of nitrogens with zero attached hydrogens (tertiary/aromatic N) is 2. The quantitative estimate of drug-likeness (QED) is 0.859. The molecule has 1 aromatic carbocycles. The van der Waals surface area contributed by atoms with E-state index >= 15 is 0 Å². The van der Waals surface area contributed by atoms with Crippen LogP contribution in [0.4, 0.5) is 0 Å². The highest BCUT2D eigenvalue weighted by Crippen LogP contribution is 2.20. The molecule has 0 fully saturated rings. The molecule has 0 radical (unpaired) electrons. The molecule has 1 atom stereocenters. The minimum Gasteiger partial charge on any atom is -0.394 e. The van der Waals surface area contributed by atoms with Crippen molar-refractivity contribution < 1.29 is 5.11 Å². The SMILES string of the molecule is Cc1c(CNC(C)(CO)c2ccccc2)cnn1C. The van der Waals surface area contributed by atoms with Gasteiger partial charge in [0.05, 0.1) is 18.3 Å². The number of rotatable bonds is 5. The van der Waals surface area contributed by atoms with Crippen LogP contribution in [0.1, 0.15) is 23.7 Å². The summed E-state index contributed by atoms with van der Waals surface area (Å²) >= 11 is 0. The lowest BCUT2D eigenvalue weighted by Crippen LogP contribution is -2.42. The number of benzene rings is 1. The molecule has 2 N–H and O–H groups in total. The Hall–Kier alpha value is -1.65. The van der Waals surface area contributed by atoms with Crippen molar-refractivity contribution in [3.05, 3.63) is 53.3 Å². The van der Waals surface area contributed by atoms with E-state index in [1.54, 1.807) is 0 Å². The summed E-state index contributed by atoms with van der Waals surface area (Å²) in [6.07, 6.45) is 1.87. The molecule has 1 heterocycles. The van der Waals surface area contributed by atoms with Crippen LogP contribution >= 0.6 is 0 Å². The van der Waals surface area contributed by atoms with Crippen molar-refractivity contribution in [2.45, 2.75) is 25.9 Å². The molecule has 0 aliphatic rings. The van der Waals surface area contributed by atoms with Crippen molar-refractivity contribution in [2.24, 2.45) is 7.05 Å². The first kappa shape index (κ1) is 13.8. The topological polar surface area (TPSA) is 50.1 Å². The predicted molar refractivity (Wildman–Crippen MR) is 75.7 cm³/mol. The second-order valence-corrected chi connectivity index (χ2v) is 5.09. The van der Waals surface area contributed by atoms with E-state index in [0.29, 0.717) is 6.54 Å². The normalized spacial score (nSPS) is 14.3. The molecule has 0 saturated heterocycles. The third kappa shape index (κ3) is 2.85. The first-order valence-electron chi connectivity index (χ1n) is 6.46. The van der Waals surface area contributed by atoms with Gasteiger partial charge in [-0.3, -0.25) is 4.68 Å². The van der Waals surface area contributed by atoms with Crippen LogP contribution in [0.5, 0.6) is 0 Å². The number of aliphatic hydroxyl groups is 1. The second-order valence-electron chi connectivity index (χ2n) is 5.09. The number of hydrogen-bond donors (Lipinski definition) is 2. The third-order valence-corrected chi connectivity index (χ3v) is 3.73. The lowest BCUT2D eigenvalue weighted by Gasteiger charge is -2.29. The van der Waals surface area contributed by atoms with Gasteiger partial charge in [0.25, 0.3) is 0 Å². The van der Waals surface area contributed by atoms with Gasteiger partial charge in [-0.15, -0.1) is 0 Å². The number of nitrogens with one attached hydrogen (secondary N) is 1. The molecule has 4 nitrogen and oxygen atoms in total. The van der Waals surface area contributed by atoms with E-state index in [2.05, 4.69) is 10.4 Å². The highest BCUT2D eigenvalue weighted by Gasteiger charge is 2.25. The van der Waals surface area contributed by atoms with Crippen LogP contribution in [0.3, 0.4) is 0 Å². The molecular weight excluding hydrogens is 238 g/mol. The van der Waals surface area contributed by atoms with Crippen LogP contribution in [0.2, 0.25) is 0 Å². The highest BCUT2D eigenvalue weighted by molar-refractivity contribution is 5.24. The summed E-state index contributed by atoms with van der Waals surface area (Å²) < 4.78 is 1.86. The van der Waals surface area contributed by atoms with Gasteiger partial charge in [0, 0.05) is 24.8 Å². The van der Waals surface area contributed by atoms with Gasteiger partial charge in [0.15, 0.2) is 0 Å². The molecule has 0 aliphatic heterocycles. The van der Waals surface area contributed by atoms with Crippen LogP contribution in [-0.2, 0) is 19.1 Å². The Bertz CT molecular complexity index is 536. The molecule has 0 bridgehead atoms. The molecule has 1 unspecified atom stereocenters. The van der Waals surface area contributed by atoms with Gasteiger partial charge in [0.1, 0.15) is 0 Å². The van der Waals surface area contributed by atoms with E-state index in [4.69, 9.17) is 0 Å². The minimum atomic E-state index is -0.441. The Morgan fingerprint density at radius 3 is 2.53 bits per heavy atom. The number of hydrogen-bond acceptors (Lipinski definition) is 3. The molecular formula is C15H21N3O. The third-order valence-electron chi connectivity index (χ3n) is 3.73. The van der Waals surface area contributed by atoms with Gasteiger partial charge in [-0.2, -0.15) is 5.10 Å². The van der Waals surface area contributed by atoms with Crippen LogP contribution in [-0.4, -0.2) is 21.5 Å². The van der Waals surface area contributed by atoms with Gasteiger partial charge < -0.3 is 10.4 Å². The Balaban J connectivity index is 2.14. The van der Waals surface area contributed by atoms with E-state index in [0.717, 1.165) is 16.8 Å². The monoisotopic (exact) mass is 259 g/mol. The Morgan fingerprint density at radius 1 is 1.32 bits per heavy atom. The first-order valence-corrected chi connectivity index (χ1v) is 6.46. The smallest absolute Gasteiger partial charge is 0.0652 e. The zero-order valence-electron chi connectivity index (χ0n) is 11.7. The molecule has 0 amide bonds. The van der Waals surface area contributed by atoms with Gasteiger partial charge in [-0.25, -0.2) is 0 Å². The molecule has 102 valence electrons. The maximum absolute atomic E-state index is 9.71. The summed E-state index contributed by atoms with van der Waals surface area (Å²) in [5.41, 5.74) is 2.93. The van der Waals surface area contributed by atoms with E-state index in [-0.39, 0.29) is 6.61 Å². The van der Waals surface area contributed by atoms with Crippen LogP contribution in [0.15, 0.2) is 36.5 Å². The maximum Gasteiger partial charge on any atom is 0.0652 e. The van der Waals surface area contributed by atoms with Gasteiger partial charge in [-0.05, 0) is 19.4 Å². The molecule has 2 aromatic rings. The predicted octanol–water partition coefficient (Wildman–Crippen LogP) is 1.73. The average molecular weight is 259 g/mol. The van der Waals surface area contributed by atoms with E-state index in [1.165, 1.54) is 0 Å². The van der Waals surface area contributed by atoms with Crippen molar-refractivity contribution in [3.8, 4) is 0 Å². The summed E-state index contributed by atoms with van der Waals surface area (Å²) in [4.78, 5) is 0. The second kappa shape index (κ2) is 5.55. The standard InChI is InChI=1S/C15H21N3O/c1-12-13(10-17-18(12)3)9-16-15(2,11-19)14-7-5-4-6-8-14/h4-8,10,16,19H,9,11H2,1-3H3. The van der Waals surface area contributed by atoms with Gasteiger partial charge >= 0.3 is 0 Å². The molecule has 4 heteroatoms. The molecule has 0 saturated carbocycles. The molecule has 1 aromatic heterocycles. The average Bonchev–Trinajstić information content (AvgIpc) is 2.77. The fourth-order valence-corrected chi connectivity index (χ4v) is 2.06. The molecule has 0 aliphatic carbocycles. The minimum absolute atomic E-state index is 0.0519. The maximum atomic E-state index is 9.71. The number of aliphatic hydroxyl groups excluding tert-OH is 1. The fourth-order valence-electron chi connectivity index (χ4n) is 2.06. The van der Waals surface area contributed by atoms with Crippen molar-refractivity contribution in [2.75, 3.05) is 6.61 Å². The first-order chi connectivity index (χ1) is 9.07. The Kier molecular flexibility index (Phi) is 4.02. The molecule has 2 rings (SSSR count). The number of aryl methyl sites for hydroxylation is 1. The van der Waals surface area contributed by atoms with E-state index in [9.17, 15) is 5.11 Å². The highest BCUT2D eigenvalue weighted by atomic mass is 16.3. The zero-order valence-corrected chi connectivity index (χ0v) is 11.7. The van der Waals surface area contributed by atoms with Gasteiger partial charge in [0.2, 0.25) is 0 Å². The largest absolute Gasteiger partial charge is 0.394 e. The van der Waals surface area contributed by atoms with Crippen molar-refractivity contribution in [1.29, 1.82) is 0 Å². The Morgan fingerprint density at radius 2 is 2.00 bits per heavy atom. The summed E-state index contributed by atoms with van der Waals surface area (Å²) in [7, 11) is 1.93. The lowest BCUT2D eigenvalue weighted by molar-refractivity contribution is 0.173. The lowest BCUT2D eigenvalue weighted by atomic mass is 9.92. The zero-order chi connectivity index (χ0) is 13.9. The molecule has 0 spiro atoms. The number of aromatic nitrogens is 2. The van der Waals surface area contributed by atoms with E-state index < -0.39 is 5.54 Å². The van der Waals surface area contributed by atoms with E-state index in [1.807, 2.05) is 62.1 Å². The summed E-state index contributed by atoms with van der Waals surface area (Å²) in [5, 5.41) is 17.4. The summed E-state index contributed by atoms with van der Waals surface area (Å²) in [5.74, 6) is 0. The Labute approximate surface area is 114 Å². The van der Waals surface area contributed by atoms with Gasteiger partial charge in [-0.1, -0.05) is 30.3 Å². The summed E-state index contributed by atoms with van der Waals surface area (Å²) in [6.45, 7) is 4.79.